The Morgan fingerprint density at radius 1 is 1.24 bits per heavy atom. The first-order valence-corrected chi connectivity index (χ1v) is 7.56. The van der Waals surface area contributed by atoms with Gasteiger partial charge in [-0.05, 0) is 42.3 Å². The van der Waals surface area contributed by atoms with E-state index in [9.17, 15) is 4.79 Å². The first-order chi connectivity index (χ1) is 10.1. The van der Waals surface area contributed by atoms with Gasteiger partial charge in [-0.25, -0.2) is 0 Å². The normalized spacial score (nSPS) is 10.4. The number of nitrogens with two attached hydrogens (primary N) is 1. The molecule has 0 saturated heterocycles. The van der Waals surface area contributed by atoms with E-state index in [1.54, 1.807) is 7.11 Å². The van der Waals surface area contributed by atoms with Crippen LogP contribution < -0.4 is 10.5 Å². The van der Waals surface area contributed by atoms with Crippen LogP contribution in [-0.2, 0) is 17.6 Å². The largest absolute Gasteiger partial charge is 0.496 e. The van der Waals surface area contributed by atoms with Crippen molar-refractivity contribution in [3.63, 3.8) is 0 Å². The molecular formula is C17H18BrNO2. The minimum Gasteiger partial charge on any atom is -0.496 e. The predicted octanol–water partition coefficient (Wildman–Crippen LogP) is 3.78. The van der Waals surface area contributed by atoms with E-state index in [2.05, 4.69) is 15.9 Å². The molecule has 110 valence electrons. The number of aryl methyl sites for hydroxylation is 1. The van der Waals surface area contributed by atoms with Crippen molar-refractivity contribution in [2.75, 3.05) is 12.8 Å². The lowest BCUT2D eigenvalue weighted by atomic mass is 10.0. The number of anilines is 1. The van der Waals surface area contributed by atoms with Crippen LogP contribution in [0.5, 0.6) is 5.75 Å². The maximum absolute atomic E-state index is 12.1. The Morgan fingerprint density at radius 2 is 2.05 bits per heavy atom. The van der Waals surface area contributed by atoms with Gasteiger partial charge in [0.1, 0.15) is 11.5 Å². The molecule has 0 unspecified atom stereocenters. The quantitative estimate of drug-likeness (QED) is 0.809. The zero-order chi connectivity index (χ0) is 15.2. The Hall–Kier alpha value is -1.81. The zero-order valence-electron chi connectivity index (χ0n) is 11.9. The molecule has 0 aliphatic rings. The highest BCUT2D eigenvalue weighted by Crippen LogP contribution is 2.24. The van der Waals surface area contributed by atoms with Gasteiger partial charge >= 0.3 is 0 Å². The summed E-state index contributed by atoms with van der Waals surface area (Å²) in [5.74, 6) is 0.935. The third-order valence-corrected chi connectivity index (χ3v) is 3.77. The summed E-state index contributed by atoms with van der Waals surface area (Å²) in [6.07, 6.45) is 1.59. The lowest BCUT2D eigenvalue weighted by Crippen LogP contribution is -2.06. The van der Waals surface area contributed by atoms with E-state index >= 15 is 0 Å². The second-order valence-corrected chi connectivity index (χ2v) is 5.83. The van der Waals surface area contributed by atoms with E-state index in [1.165, 1.54) is 0 Å². The standard InChI is InChI=1S/C17H18BrNO2/c1-21-17-8-6-14(18)10-13(17)11-16(20)7-5-12-3-2-4-15(19)9-12/h2-4,6,8-10H,5,7,11,19H2,1H3. The molecule has 2 rings (SSSR count). The molecule has 21 heavy (non-hydrogen) atoms. The number of ketones is 1. The van der Waals surface area contributed by atoms with Crippen LogP contribution >= 0.6 is 15.9 Å². The SMILES string of the molecule is COc1ccc(Br)cc1CC(=O)CCc1cccc(N)c1. The van der Waals surface area contributed by atoms with Gasteiger partial charge in [0, 0.05) is 28.6 Å². The van der Waals surface area contributed by atoms with Crippen LogP contribution in [0.2, 0.25) is 0 Å². The van der Waals surface area contributed by atoms with E-state index in [-0.39, 0.29) is 5.78 Å². The van der Waals surface area contributed by atoms with Crippen LogP contribution in [0.15, 0.2) is 46.9 Å². The lowest BCUT2D eigenvalue weighted by molar-refractivity contribution is -0.118. The number of methoxy groups -OCH3 is 1. The Morgan fingerprint density at radius 3 is 2.76 bits per heavy atom. The maximum atomic E-state index is 12.1. The van der Waals surface area contributed by atoms with E-state index in [4.69, 9.17) is 10.5 Å². The zero-order valence-corrected chi connectivity index (χ0v) is 13.5. The number of halogens is 1. The number of carbonyl (C=O) groups is 1. The van der Waals surface area contributed by atoms with Gasteiger partial charge in [0.2, 0.25) is 0 Å². The number of nitrogen functional groups attached to an aromatic ring is 1. The molecule has 0 heterocycles. The molecule has 0 aliphatic heterocycles. The smallest absolute Gasteiger partial charge is 0.137 e. The van der Waals surface area contributed by atoms with Crippen molar-refractivity contribution in [1.82, 2.24) is 0 Å². The molecule has 0 aliphatic carbocycles. The lowest BCUT2D eigenvalue weighted by Gasteiger charge is -2.08. The molecule has 0 fully saturated rings. The number of carbonyl (C=O) groups excluding carboxylic acids is 1. The number of Topliss-reactive ketones (excluding diaryl/α,β-unsaturated/α-hetero) is 1. The van der Waals surface area contributed by atoms with Crippen LogP contribution in [0.1, 0.15) is 17.5 Å². The van der Waals surface area contributed by atoms with E-state index < -0.39 is 0 Å². The number of hydrogen-bond donors (Lipinski definition) is 1. The van der Waals surface area contributed by atoms with Gasteiger partial charge in [-0.1, -0.05) is 28.1 Å². The molecule has 2 aromatic carbocycles. The molecule has 0 spiro atoms. The fourth-order valence-corrected chi connectivity index (χ4v) is 2.63. The van der Waals surface area contributed by atoms with Crippen molar-refractivity contribution >= 4 is 27.4 Å². The predicted molar refractivity (Wildman–Crippen MR) is 88.6 cm³/mol. The van der Waals surface area contributed by atoms with Gasteiger partial charge in [-0.3, -0.25) is 4.79 Å². The molecule has 0 bridgehead atoms. The highest BCUT2D eigenvalue weighted by molar-refractivity contribution is 9.10. The third kappa shape index (κ3) is 4.60. The molecule has 2 N–H and O–H groups in total. The first-order valence-electron chi connectivity index (χ1n) is 6.77. The maximum Gasteiger partial charge on any atom is 0.137 e. The van der Waals surface area contributed by atoms with Crippen molar-refractivity contribution in [3.8, 4) is 5.75 Å². The molecule has 0 radical (unpaired) electrons. The van der Waals surface area contributed by atoms with Crippen molar-refractivity contribution in [2.45, 2.75) is 19.3 Å². The highest BCUT2D eigenvalue weighted by atomic mass is 79.9. The highest BCUT2D eigenvalue weighted by Gasteiger charge is 2.10. The third-order valence-electron chi connectivity index (χ3n) is 3.27. The van der Waals surface area contributed by atoms with Gasteiger partial charge in [0.15, 0.2) is 0 Å². The summed E-state index contributed by atoms with van der Waals surface area (Å²) >= 11 is 3.42. The van der Waals surface area contributed by atoms with Crippen LogP contribution in [-0.4, -0.2) is 12.9 Å². The summed E-state index contributed by atoms with van der Waals surface area (Å²) in [5.41, 5.74) is 8.46. The fourth-order valence-electron chi connectivity index (χ4n) is 2.22. The fraction of sp³-hybridized carbons (Fsp3) is 0.235. The van der Waals surface area contributed by atoms with Gasteiger partial charge in [0.05, 0.1) is 7.11 Å². The van der Waals surface area contributed by atoms with Gasteiger partial charge in [-0.15, -0.1) is 0 Å². The number of hydrogen-bond acceptors (Lipinski definition) is 3. The second kappa shape index (κ2) is 7.27. The van der Waals surface area contributed by atoms with Crippen molar-refractivity contribution < 1.29 is 9.53 Å². The summed E-state index contributed by atoms with van der Waals surface area (Å²) in [6, 6.07) is 13.3. The number of benzene rings is 2. The van der Waals surface area contributed by atoms with Crippen LogP contribution in [0.3, 0.4) is 0 Å². The summed E-state index contributed by atoms with van der Waals surface area (Å²) in [4.78, 5) is 12.1. The van der Waals surface area contributed by atoms with Crippen LogP contribution in [0.25, 0.3) is 0 Å². The molecule has 4 heteroatoms. The summed E-state index contributed by atoms with van der Waals surface area (Å²) in [7, 11) is 1.62. The van der Waals surface area contributed by atoms with Gasteiger partial charge in [0.25, 0.3) is 0 Å². The molecule has 0 amide bonds. The first kappa shape index (κ1) is 15.6. The summed E-state index contributed by atoms with van der Waals surface area (Å²) in [5, 5.41) is 0. The van der Waals surface area contributed by atoms with Crippen LogP contribution in [0.4, 0.5) is 5.69 Å². The Bertz CT molecular complexity index is 640. The van der Waals surface area contributed by atoms with E-state index in [1.807, 2.05) is 42.5 Å². The molecule has 0 saturated carbocycles. The summed E-state index contributed by atoms with van der Waals surface area (Å²) in [6.45, 7) is 0. The van der Waals surface area contributed by atoms with Gasteiger partial charge < -0.3 is 10.5 Å². The van der Waals surface area contributed by atoms with Gasteiger partial charge in [-0.2, -0.15) is 0 Å². The Labute approximate surface area is 133 Å². The molecular weight excluding hydrogens is 330 g/mol. The molecule has 3 nitrogen and oxygen atoms in total. The molecule has 0 aromatic heterocycles. The topological polar surface area (TPSA) is 52.3 Å². The minimum absolute atomic E-state index is 0.189. The monoisotopic (exact) mass is 347 g/mol. The average molecular weight is 348 g/mol. The number of ether oxygens (including phenoxy) is 1. The van der Waals surface area contributed by atoms with Crippen molar-refractivity contribution in [1.29, 1.82) is 0 Å². The van der Waals surface area contributed by atoms with Crippen LogP contribution in [0, 0.1) is 0 Å². The molecule has 0 atom stereocenters. The molecule has 2 aromatic rings. The van der Waals surface area contributed by atoms with Crippen molar-refractivity contribution in [3.05, 3.63) is 58.1 Å². The second-order valence-electron chi connectivity index (χ2n) is 4.92. The Balaban J connectivity index is 1.97. The average Bonchev–Trinajstić information content (AvgIpc) is 2.45. The van der Waals surface area contributed by atoms with E-state index in [0.29, 0.717) is 19.3 Å². The Kier molecular flexibility index (Phi) is 5.39. The summed E-state index contributed by atoms with van der Waals surface area (Å²) < 4.78 is 6.24. The van der Waals surface area contributed by atoms with Crippen molar-refractivity contribution in [2.24, 2.45) is 0 Å². The van der Waals surface area contributed by atoms with E-state index in [0.717, 1.165) is 27.0 Å². The minimum atomic E-state index is 0.189. The number of rotatable bonds is 6.